The topological polar surface area (TPSA) is 79.1 Å². The Labute approximate surface area is 176 Å². The predicted molar refractivity (Wildman–Crippen MR) is 116 cm³/mol. The SMILES string of the molecule is COc1ccccc1N(Cl)S(=O)(=O)c1ccc(N2CCN3CCCC3C2)c(N)c1. The largest absolute Gasteiger partial charge is 0.494 e. The monoisotopic (exact) mass is 436 g/mol. The molecule has 2 saturated heterocycles. The van der Waals surface area contributed by atoms with Gasteiger partial charge >= 0.3 is 0 Å². The smallest absolute Gasteiger partial charge is 0.278 e. The maximum atomic E-state index is 13.1. The highest BCUT2D eigenvalue weighted by atomic mass is 35.5. The van der Waals surface area contributed by atoms with Gasteiger partial charge in [-0.15, -0.1) is 0 Å². The van der Waals surface area contributed by atoms with Crippen LogP contribution >= 0.6 is 11.8 Å². The van der Waals surface area contributed by atoms with Gasteiger partial charge in [-0.3, -0.25) is 4.90 Å². The van der Waals surface area contributed by atoms with Crippen LogP contribution in [0.2, 0.25) is 0 Å². The van der Waals surface area contributed by atoms with Crippen molar-refractivity contribution >= 4 is 38.9 Å². The zero-order valence-corrected chi connectivity index (χ0v) is 17.9. The number of hydrogen-bond acceptors (Lipinski definition) is 6. The quantitative estimate of drug-likeness (QED) is 0.573. The summed E-state index contributed by atoms with van der Waals surface area (Å²) >= 11 is 6.23. The Morgan fingerprint density at radius 3 is 2.72 bits per heavy atom. The molecule has 29 heavy (non-hydrogen) atoms. The third kappa shape index (κ3) is 3.72. The summed E-state index contributed by atoms with van der Waals surface area (Å²) < 4.78 is 32.0. The summed E-state index contributed by atoms with van der Waals surface area (Å²) in [5, 5.41) is 0. The van der Waals surface area contributed by atoms with Crippen molar-refractivity contribution in [2.24, 2.45) is 0 Å². The number of anilines is 3. The van der Waals surface area contributed by atoms with Crippen LogP contribution in [0.15, 0.2) is 47.4 Å². The minimum atomic E-state index is -4.00. The number of nitrogens with zero attached hydrogens (tertiary/aromatic N) is 3. The number of hydrogen-bond donors (Lipinski definition) is 1. The Kier molecular flexibility index (Phi) is 5.50. The molecule has 0 aromatic heterocycles. The van der Waals surface area contributed by atoms with Gasteiger partial charge in [0.1, 0.15) is 11.4 Å². The Bertz CT molecular complexity index is 1000. The number of fused-ring (bicyclic) bond motifs is 1. The first kappa shape index (κ1) is 20.1. The van der Waals surface area contributed by atoms with Crippen LogP contribution < -0.4 is 19.2 Å². The Morgan fingerprint density at radius 2 is 1.97 bits per heavy atom. The van der Waals surface area contributed by atoms with E-state index >= 15 is 0 Å². The second kappa shape index (κ2) is 7.93. The van der Waals surface area contributed by atoms with Gasteiger partial charge in [-0.25, -0.2) is 0 Å². The molecule has 156 valence electrons. The molecule has 2 aliphatic heterocycles. The fraction of sp³-hybridized carbons (Fsp3) is 0.400. The molecule has 4 rings (SSSR count). The number of sulfonamides is 1. The summed E-state index contributed by atoms with van der Waals surface area (Å²) in [6.45, 7) is 3.97. The lowest BCUT2D eigenvalue weighted by atomic mass is 10.1. The zero-order chi connectivity index (χ0) is 20.6. The third-order valence-electron chi connectivity index (χ3n) is 5.71. The third-order valence-corrected chi connectivity index (χ3v) is 7.91. The van der Waals surface area contributed by atoms with E-state index in [1.165, 1.54) is 32.6 Å². The van der Waals surface area contributed by atoms with E-state index in [4.69, 9.17) is 22.2 Å². The molecule has 2 aromatic rings. The van der Waals surface area contributed by atoms with Crippen LogP contribution in [-0.2, 0) is 10.0 Å². The van der Waals surface area contributed by atoms with Gasteiger partial charge in [-0.1, -0.05) is 12.1 Å². The van der Waals surface area contributed by atoms with Crippen LogP contribution in [-0.4, -0.2) is 52.6 Å². The molecule has 2 fully saturated rings. The fourth-order valence-corrected chi connectivity index (χ4v) is 5.68. The van der Waals surface area contributed by atoms with E-state index < -0.39 is 10.0 Å². The van der Waals surface area contributed by atoms with Crippen LogP contribution in [0.5, 0.6) is 5.75 Å². The summed E-state index contributed by atoms with van der Waals surface area (Å²) in [6, 6.07) is 12.1. The van der Waals surface area contributed by atoms with Gasteiger partial charge < -0.3 is 15.4 Å². The molecule has 1 atom stereocenters. The Hall–Kier alpha value is -2.16. The highest BCUT2D eigenvalue weighted by Gasteiger charge is 2.32. The predicted octanol–water partition coefficient (Wildman–Crippen LogP) is 2.91. The lowest BCUT2D eigenvalue weighted by molar-refractivity contribution is 0.231. The number of nitrogen functional groups attached to an aromatic ring is 1. The second-order valence-corrected chi connectivity index (χ2v) is 9.72. The summed E-state index contributed by atoms with van der Waals surface area (Å²) in [4.78, 5) is 4.81. The van der Waals surface area contributed by atoms with Crippen LogP contribution in [0, 0.1) is 0 Å². The summed E-state index contributed by atoms with van der Waals surface area (Å²) in [5.41, 5.74) is 7.82. The minimum absolute atomic E-state index is 0.0409. The molecule has 0 radical (unpaired) electrons. The molecule has 7 nitrogen and oxygen atoms in total. The van der Waals surface area contributed by atoms with Crippen molar-refractivity contribution in [3.8, 4) is 5.75 Å². The van der Waals surface area contributed by atoms with Gasteiger partial charge in [-0.2, -0.15) is 12.2 Å². The van der Waals surface area contributed by atoms with E-state index in [1.54, 1.807) is 36.4 Å². The molecule has 1 unspecified atom stereocenters. The molecule has 2 aromatic carbocycles. The Balaban J connectivity index is 1.60. The number of para-hydroxylation sites is 2. The minimum Gasteiger partial charge on any atom is -0.494 e. The molecular formula is C20H25ClN4O3S. The molecule has 0 bridgehead atoms. The average molecular weight is 437 g/mol. The number of halogens is 1. The van der Waals surface area contributed by atoms with Crippen LogP contribution in [0.1, 0.15) is 12.8 Å². The standard InChI is InChI=1S/C20H25ClN4O3S/c1-28-20-7-3-2-6-19(20)25(21)29(26,27)16-8-9-18(17(22)13-16)24-12-11-23-10-4-5-15(23)14-24/h2-3,6-9,13,15H,4-5,10-12,14,22H2,1H3. The first-order valence-electron chi connectivity index (χ1n) is 9.64. The van der Waals surface area contributed by atoms with Gasteiger partial charge in [0.2, 0.25) is 0 Å². The molecule has 0 aliphatic carbocycles. The van der Waals surface area contributed by atoms with E-state index in [1.807, 2.05) is 0 Å². The van der Waals surface area contributed by atoms with Crippen LogP contribution in [0.4, 0.5) is 17.1 Å². The van der Waals surface area contributed by atoms with Gasteiger partial charge in [0.15, 0.2) is 0 Å². The van der Waals surface area contributed by atoms with Gasteiger partial charge in [-0.05, 0) is 49.7 Å². The molecular weight excluding hydrogens is 412 g/mol. The number of benzene rings is 2. The van der Waals surface area contributed by atoms with E-state index in [-0.39, 0.29) is 10.6 Å². The van der Waals surface area contributed by atoms with E-state index in [0.717, 1.165) is 25.3 Å². The summed E-state index contributed by atoms with van der Waals surface area (Å²) in [7, 11) is -2.53. The number of ether oxygens (including phenoxy) is 1. The van der Waals surface area contributed by atoms with Crippen LogP contribution in [0.25, 0.3) is 0 Å². The van der Waals surface area contributed by atoms with Crippen molar-refractivity contribution in [3.63, 3.8) is 0 Å². The van der Waals surface area contributed by atoms with E-state index in [0.29, 0.717) is 21.3 Å². The molecule has 2 aliphatic rings. The molecule has 0 spiro atoms. The second-order valence-electron chi connectivity index (χ2n) is 7.39. The number of methoxy groups -OCH3 is 1. The summed E-state index contributed by atoms with van der Waals surface area (Å²) in [5.74, 6) is 0.366. The first-order valence-corrected chi connectivity index (χ1v) is 11.4. The van der Waals surface area contributed by atoms with Gasteiger partial charge in [0.05, 0.1) is 23.4 Å². The van der Waals surface area contributed by atoms with Crippen molar-refractivity contribution in [1.82, 2.24) is 4.90 Å². The molecule has 0 amide bonds. The van der Waals surface area contributed by atoms with Crippen molar-refractivity contribution in [2.75, 3.05) is 47.7 Å². The highest BCUT2D eigenvalue weighted by Crippen LogP contribution is 2.36. The van der Waals surface area contributed by atoms with Crippen molar-refractivity contribution in [3.05, 3.63) is 42.5 Å². The number of rotatable bonds is 5. The van der Waals surface area contributed by atoms with E-state index in [2.05, 4.69) is 9.80 Å². The lowest BCUT2D eigenvalue weighted by Gasteiger charge is -2.39. The Morgan fingerprint density at radius 1 is 1.17 bits per heavy atom. The number of piperazine rings is 1. The normalized spacial score (nSPS) is 19.8. The molecule has 0 saturated carbocycles. The van der Waals surface area contributed by atoms with Crippen molar-refractivity contribution < 1.29 is 13.2 Å². The highest BCUT2D eigenvalue weighted by molar-refractivity contribution is 7.94. The van der Waals surface area contributed by atoms with Crippen molar-refractivity contribution in [1.29, 1.82) is 0 Å². The molecule has 9 heteroatoms. The molecule has 2 heterocycles. The fourth-order valence-electron chi connectivity index (χ4n) is 4.19. The van der Waals surface area contributed by atoms with E-state index in [9.17, 15) is 8.42 Å². The van der Waals surface area contributed by atoms with Crippen molar-refractivity contribution in [2.45, 2.75) is 23.8 Å². The average Bonchev–Trinajstić information content (AvgIpc) is 3.20. The lowest BCUT2D eigenvalue weighted by Crippen LogP contribution is -2.50. The van der Waals surface area contributed by atoms with Gasteiger partial charge in [0.25, 0.3) is 10.0 Å². The maximum absolute atomic E-state index is 13.1. The number of nitrogens with two attached hydrogens (primary N) is 1. The zero-order valence-electron chi connectivity index (χ0n) is 16.3. The van der Waals surface area contributed by atoms with Gasteiger partial charge in [0, 0.05) is 37.5 Å². The maximum Gasteiger partial charge on any atom is 0.278 e. The first-order chi connectivity index (χ1) is 13.9. The molecule has 2 N–H and O–H groups in total. The summed E-state index contributed by atoms with van der Waals surface area (Å²) in [6.07, 6.45) is 2.43. The van der Waals surface area contributed by atoms with Crippen LogP contribution in [0.3, 0.4) is 0 Å².